The molecule has 5 heteroatoms. The quantitative estimate of drug-likeness (QED) is 0.743. The highest BCUT2D eigenvalue weighted by molar-refractivity contribution is 6.30. The van der Waals surface area contributed by atoms with E-state index in [1.807, 2.05) is 12.1 Å². The standard InChI is InChI=1S/C23H30ClN3O/c1-26(2)22-14-15-27(16-18-6-4-3-5-7-18)17-19(22)8-13-23(28)25-21-11-9-20(24)10-12-21/h3-7,9-12,19,22H,8,13-17H2,1-2H3,(H,25,28)/t19-,22+/m0/s1. The Balaban J connectivity index is 1.55. The van der Waals surface area contributed by atoms with Gasteiger partial charge in [-0.15, -0.1) is 0 Å². The van der Waals surface area contributed by atoms with E-state index in [1.54, 1.807) is 12.1 Å². The van der Waals surface area contributed by atoms with E-state index >= 15 is 0 Å². The number of amides is 1. The van der Waals surface area contributed by atoms with Crippen molar-refractivity contribution in [1.29, 1.82) is 0 Å². The Bertz CT molecular complexity index is 748. The van der Waals surface area contributed by atoms with Crippen LogP contribution < -0.4 is 5.32 Å². The van der Waals surface area contributed by atoms with Crippen LogP contribution in [-0.4, -0.2) is 48.9 Å². The first kappa shape index (κ1) is 20.8. The van der Waals surface area contributed by atoms with Crippen molar-refractivity contribution in [2.45, 2.75) is 31.8 Å². The van der Waals surface area contributed by atoms with Crippen LogP contribution in [0, 0.1) is 5.92 Å². The summed E-state index contributed by atoms with van der Waals surface area (Å²) in [5.74, 6) is 0.559. The van der Waals surface area contributed by atoms with Gasteiger partial charge in [0.25, 0.3) is 0 Å². The van der Waals surface area contributed by atoms with E-state index in [0.717, 1.165) is 38.2 Å². The van der Waals surface area contributed by atoms with Crippen molar-refractivity contribution < 1.29 is 4.79 Å². The number of hydrogen-bond acceptors (Lipinski definition) is 3. The lowest BCUT2D eigenvalue weighted by Gasteiger charge is -2.41. The van der Waals surface area contributed by atoms with E-state index in [4.69, 9.17) is 11.6 Å². The van der Waals surface area contributed by atoms with Crippen molar-refractivity contribution in [2.24, 2.45) is 5.92 Å². The van der Waals surface area contributed by atoms with E-state index in [2.05, 4.69) is 59.5 Å². The van der Waals surface area contributed by atoms with Gasteiger partial charge in [-0.2, -0.15) is 0 Å². The van der Waals surface area contributed by atoms with Crippen LogP contribution in [0.5, 0.6) is 0 Å². The zero-order valence-corrected chi connectivity index (χ0v) is 17.5. The van der Waals surface area contributed by atoms with Crippen LogP contribution >= 0.6 is 11.6 Å². The van der Waals surface area contributed by atoms with Crippen LogP contribution in [-0.2, 0) is 11.3 Å². The molecule has 0 aliphatic carbocycles. The van der Waals surface area contributed by atoms with E-state index in [0.29, 0.717) is 23.4 Å². The molecule has 0 aromatic heterocycles. The number of rotatable bonds is 7. The molecule has 0 spiro atoms. The maximum atomic E-state index is 12.4. The van der Waals surface area contributed by atoms with Gasteiger partial charge in [-0.1, -0.05) is 41.9 Å². The zero-order chi connectivity index (χ0) is 19.9. The maximum absolute atomic E-state index is 12.4. The molecule has 0 saturated carbocycles. The third kappa shape index (κ3) is 6.06. The fraction of sp³-hybridized carbons (Fsp3) is 0.435. The molecule has 0 bridgehead atoms. The van der Waals surface area contributed by atoms with Gasteiger partial charge in [-0.25, -0.2) is 0 Å². The molecule has 4 nitrogen and oxygen atoms in total. The van der Waals surface area contributed by atoms with E-state index < -0.39 is 0 Å². The fourth-order valence-corrected chi connectivity index (χ4v) is 4.24. The Kier molecular flexibility index (Phi) is 7.49. The number of hydrogen-bond donors (Lipinski definition) is 1. The molecule has 28 heavy (non-hydrogen) atoms. The summed E-state index contributed by atoms with van der Waals surface area (Å²) in [6.07, 6.45) is 2.58. The van der Waals surface area contributed by atoms with E-state index in [9.17, 15) is 4.79 Å². The Morgan fingerprint density at radius 1 is 1.14 bits per heavy atom. The summed E-state index contributed by atoms with van der Waals surface area (Å²) in [5.41, 5.74) is 2.15. The average molecular weight is 400 g/mol. The SMILES string of the molecule is CN(C)[C@@H]1CCN(Cc2ccccc2)C[C@@H]1CCC(=O)Nc1ccc(Cl)cc1. The van der Waals surface area contributed by atoms with Gasteiger partial charge >= 0.3 is 0 Å². The molecule has 1 saturated heterocycles. The molecule has 1 aliphatic rings. The molecule has 1 amide bonds. The minimum absolute atomic E-state index is 0.0695. The minimum Gasteiger partial charge on any atom is -0.326 e. The number of anilines is 1. The summed E-state index contributed by atoms with van der Waals surface area (Å²) >= 11 is 5.91. The molecule has 1 fully saturated rings. The van der Waals surface area contributed by atoms with Gasteiger partial charge in [0.1, 0.15) is 0 Å². The third-order valence-corrected chi connectivity index (χ3v) is 5.81. The lowest BCUT2D eigenvalue weighted by molar-refractivity contribution is -0.116. The smallest absolute Gasteiger partial charge is 0.224 e. The van der Waals surface area contributed by atoms with Gasteiger partial charge in [0, 0.05) is 36.3 Å². The first-order valence-corrected chi connectivity index (χ1v) is 10.4. The second-order valence-electron chi connectivity index (χ2n) is 7.89. The Hall–Kier alpha value is -1.88. The van der Waals surface area contributed by atoms with Gasteiger partial charge < -0.3 is 10.2 Å². The molecular weight excluding hydrogens is 370 g/mol. The molecule has 0 unspecified atom stereocenters. The molecule has 3 rings (SSSR count). The van der Waals surface area contributed by atoms with Crippen molar-refractivity contribution in [1.82, 2.24) is 9.80 Å². The second-order valence-corrected chi connectivity index (χ2v) is 8.33. The van der Waals surface area contributed by atoms with Crippen molar-refractivity contribution in [3.63, 3.8) is 0 Å². The van der Waals surface area contributed by atoms with Gasteiger partial charge in [0.2, 0.25) is 5.91 Å². The third-order valence-electron chi connectivity index (χ3n) is 5.56. The molecule has 1 heterocycles. The van der Waals surface area contributed by atoms with Crippen LogP contribution in [0.25, 0.3) is 0 Å². The maximum Gasteiger partial charge on any atom is 0.224 e. The predicted octanol–water partition coefficient (Wildman–Crippen LogP) is 4.51. The number of carbonyl (C=O) groups excluding carboxylic acids is 1. The topological polar surface area (TPSA) is 35.6 Å². The summed E-state index contributed by atoms with van der Waals surface area (Å²) in [4.78, 5) is 17.3. The van der Waals surface area contributed by atoms with Gasteiger partial charge in [-0.05, 0) is 69.2 Å². The van der Waals surface area contributed by atoms with Gasteiger partial charge in [-0.3, -0.25) is 9.69 Å². The molecule has 2 aromatic rings. The molecule has 1 aliphatic heterocycles. The fourth-order valence-electron chi connectivity index (χ4n) is 4.12. The predicted molar refractivity (Wildman–Crippen MR) is 117 cm³/mol. The van der Waals surface area contributed by atoms with Crippen LogP contribution in [0.15, 0.2) is 54.6 Å². The summed E-state index contributed by atoms with van der Waals surface area (Å²) in [5, 5.41) is 3.65. The number of carbonyl (C=O) groups is 1. The van der Waals surface area contributed by atoms with Gasteiger partial charge in [0.15, 0.2) is 0 Å². The number of piperidine rings is 1. The summed E-state index contributed by atoms with van der Waals surface area (Å²) in [7, 11) is 4.30. The minimum atomic E-state index is 0.0695. The number of halogens is 1. The Labute approximate surface area is 173 Å². The summed E-state index contributed by atoms with van der Waals surface area (Å²) in [6.45, 7) is 3.12. The first-order valence-electron chi connectivity index (χ1n) is 9.99. The molecule has 150 valence electrons. The van der Waals surface area contributed by atoms with Crippen LogP contribution in [0.2, 0.25) is 5.02 Å². The average Bonchev–Trinajstić information content (AvgIpc) is 2.69. The number of nitrogens with one attached hydrogen (secondary N) is 1. The molecule has 0 radical (unpaired) electrons. The number of likely N-dealkylation sites (tertiary alicyclic amines) is 1. The first-order chi connectivity index (χ1) is 13.5. The number of benzene rings is 2. The lowest BCUT2D eigenvalue weighted by atomic mass is 9.87. The van der Waals surface area contributed by atoms with Gasteiger partial charge in [0.05, 0.1) is 0 Å². The highest BCUT2D eigenvalue weighted by atomic mass is 35.5. The van der Waals surface area contributed by atoms with Crippen molar-refractivity contribution >= 4 is 23.2 Å². The van der Waals surface area contributed by atoms with Crippen molar-refractivity contribution in [2.75, 3.05) is 32.5 Å². The monoisotopic (exact) mass is 399 g/mol. The molecular formula is C23H30ClN3O. The van der Waals surface area contributed by atoms with E-state index in [1.165, 1.54) is 5.56 Å². The molecule has 2 aromatic carbocycles. The van der Waals surface area contributed by atoms with Crippen molar-refractivity contribution in [3.8, 4) is 0 Å². The number of nitrogens with zero attached hydrogens (tertiary/aromatic N) is 2. The Morgan fingerprint density at radius 2 is 1.86 bits per heavy atom. The van der Waals surface area contributed by atoms with Crippen LogP contribution in [0.1, 0.15) is 24.8 Å². The molecule has 1 N–H and O–H groups in total. The second kappa shape index (κ2) is 10.1. The van der Waals surface area contributed by atoms with Crippen molar-refractivity contribution in [3.05, 3.63) is 65.2 Å². The summed E-state index contributed by atoms with van der Waals surface area (Å²) < 4.78 is 0. The van der Waals surface area contributed by atoms with Crippen LogP contribution in [0.4, 0.5) is 5.69 Å². The lowest BCUT2D eigenvalue weighted by Crippen LogP contribution is -2.48. The van der Waals surface area contributed by atoms with Crippen LogP contribution in [0.3, 0.4) is 0 Å². The summed E-state index contributed by atoms with van der Waals surface area (Å²) in [6, 6.07) is 18.4. The normalized spacial score (nSPS) is 20.3. The highest BCUT2D eigenvalue weighted by Gasteiger charge is 2.30. The zero-order valence-electron chi connectivity index (χ0n) is 16.8. The molecule has 2 atom stereocenters. The Morgan fingerprint density at radius 3 is 2.54 bits per heavy atom. The largest absolute Gasteiger partial charge is 0.326 e. The highest BCUT2D eigenvalue weighted by Crippen LogP contribution is 2.26. The van der Waals surface area contributed by atoms with E-state index in [-0.39, 0.29) is 5.91 Å².